The van der Waals surface area contributed by atoms with Crippen LogP contribution in [0.3, 0.4) is 0 Å². The molecular formula is C13H19Cl2N2O4S+. The van der Waals surface area contributed by atoms with E-state index in [1.807, 2.05) is 0 Å². The van der Waals surface area contributed by atoms with Gasteiger partial charge in [-0.15, -0.1) is 0 Å². The van der Waals surface area contributed by atoms with E-state index >= 15 is 0 Å². The molecule has 22 heavy (non-hydrogen) atoms. The summed E-state index contributed by atoms with van der Waals surface area (Å²) >= 11 is 12.0. The molecule has 1 fully saturated rings. The number of sulfonamides is 1. The average molecular weight is 370 g/mol. The van der Waals surface area contributed by atoms with Crippen molar-refractivity contribution in [2.24, 2.45) is 0 Å². The van der Waals surface area contributed by atoms with Gasteiger partial charge >= 0.3 is 0 Å². The van der Waals surface area contributed by atoms with Crippen molar-refractivity contribution in [2.75, 3.05) is 46.5 Å². The molecule has 1 aliphatic rings. The van der Waals surface area contributed by atoms with Gasteiger partial charge in [0, 0.05) is 6.07 Å². The summed E-state index contributed by atoms with van der Waals surface area (Å²) in [5, 5.41) is 0.276. The van der Waals surface area contributed by atoms with Crippen LogP contribution in [0.2, 0.25) is 10.0 Å². The molecule has 1 aliphatic heterocycles. The molecule has 1 aromatic rings. The largest absolute Gasteiger partial charge is 0.495 e. The summed E-state index contributed by atoms with van der Waals surface area (Å²) < 4.78 is 37.5. The Morgan fingerprint density at radius 3 is 2.59 bits per heavy atom. The molecular weight excluding hydrogens is 351 g/mol. The number of benzene rings is 1. The third-order valence-corrected chi connectivity index (χ3v) is 5.69. The summed E-state index contributed by atoms with van der Waals surface area (Å²) in [5.41, 5.74) is 0. The lowest BCUT2D eigenvalue weighted by Gasteiger charge is -2.23. The number of nitrogens with one attached hydrogen (secondary N) is 2. The second-order valence-electron chi connectivity index (χ2n) is 4.93. The maximum atomic E-state index is 12.3. The van der Waals surface area contributed by atoms with Crippen molar-refractivity contribution in [1.82, 2.24) is 4.72 Å². The van der Waals surface area contributed by atoms with Gasteiger partial charge in [-0.1, -0.05) is 23.2 Å². The number of halogens is 2. The van der Waals surface area contributed by atoms with Crippen molar-refractivity contribution >= 4 is 33.2 Å². The monoisotopic (exact) mass is 369 g/mol. The Balaban J connectivity index is 2.02. The molecule has 9 heteroatoms. The number of hydrogen-bond acceptors (Lipinski definition) is 4. The summed E-state index contributed by atoms with van der Waals surface area (Å²) in [6.45, 7) is 4.22. The number of morpholine rings is 1. The van der Waals surface area contributed by atoms with Gasteiger partial charge < -0.3 is 14.4 Å². The number of hydrogen-bond donors (Lipinski definition) is 2. The molecule has 0 radical (unpaired) electrons. The molecule has 0 unspecified atom stereocenters. The summed E-state index contributed by atoms with van der Waals surface area (Å²) in [5.74, 6) is 0.336. The van der Waals surface area contributed by atoms with E-state index < -0.39 is 10.0 Å². The Hall–Kier alpha value is -0.570. The molecule has 0 aliphatic carbocycles. The minimum atomic E-state index is -3.71. The second kappa shape index (κ2) is 7.81. The molecule has 6 nitrogen and oxygen atoms in total. The van der Waals surface area contributed by atoms with Crippen molar-refractivity contribution in [3.05, 3.63) is 22.2 Å². The van der Waals surface area contributed by atoms with Gasteiger partial charge in [-0.05, 0) is 6.07 Å². The maximum Gasteiger partial charge on any atom is 0.242 e. The smallest absolute Gasteiger partial charge is 0.242 e. The molecule has 2 rings (SSSR count). The van der Waals surface area contributed by atoms with Gasteiger partial charge in [0.05, 0.1) is 43.5 Å². The number of quaternary nitrogens is 1. The van der Waals surface area contributed by atoms with E-state index in [4.69, 9.17) is 32.7 Å². The van der Waals surface area contributed by atoms with Gasteiger partial charge in [0.1, 0.15) is 23.7 Å². The predicted octanol–water partition coefficient (Wildman–Crippen LogP) is 0.195. The molecule has 0 bridgehead atoms. The van der Waals surface area contributed by atoms with Crippen LogP contribution in [0.15, 0.2) is 17.0 Å². The van der Waals surface area contributed by atoms with Crippen molar-refractivity contribution in [1.29, 1.82) is 0 Å². The molecule has 124 valence electrons. The molecule has 1 saturated heterocycles. The van der Waals surface area contributed by atoms with Crippen LogP contribution in [0.1, 0.15) is 0 Å². The Labute approximate surface area is 140 Å². The SMILES string of the molecule is COc1cc(Cl)c(S(=O)(=O)NCC[NH+]2CCOCC2)cc1Cl. The van der Waals surface area contributed by atoms with Crippen LogP contribution in [0.5, 0.6) is 5.75 Å². The molecule has 2 N–H and O–H groups in total. The topological polar surface area (TPSA) is 69.1 Å². The third-order valence-electron chi connectivity index (χ3n) is 3.47. The maximum absolute atomic E-state index is 12.3. The van der Waals surface area contributed by atoms with Crippen LogP contribution in [-0.2, 0) is 14.8 Å². The molecule has 0 aromatic heterocycles. The van der Waals surface area contributed by atoms with E-state index in [0.29, 0.717) is 32.1 Å². The summed E-state index contributed by atoms with van der Waals surface area (Å²) in [6.07, 6.45) is 0. The van der Waals surface area contributed by atoms with E-state index in [-0.39, 0.29) is 14.9 Å². The first-order chi connectivity index (χ1) is 10.4. The molecule has 0 spiro atoms. The highest BCUT2D eigenvalue weighted by Gasteiger charge is 2.21. The average Bonchev–Trinajstić information content (AvgIpc) is 2.50. The zero-order valence-corrected chi connectivity index (χ0v) is 14.5. The van der Waals surface area contributed by atoms with E-state index in [1.54, 1.807) is 0 Å². The Kier molecular flexibility index (Phi) is 6.31. The number of methoxy groups -OCH3 is 1. The summed E-state index contributed by atoms with van der Waals surface area (Å²) in [7, 11) is -2.27. The molecule has 0 saturated carbocycles. The van der Waals surface area contributed by atoms with E-state index in [2.05, 4.69) is 4.72 Å². The normalized spacial score (nSPS) is 16.7. The van der Waals surface area contributed by atoms with E-state index in [9.17, 15) is 8.42 Å². The lowest BCUT2D eigenvalue weighted by molar-refractivity contribution is -0.906. The van der Waals surface area contributed by atoms with E-state index in [0.717, 1.165) is 13.1 Å². The minimum Gasteiger partial charge on any atom is -0.495 e. The van der Waals surface area contributed by atoms with Crippen molar-refractivity contribution in [3.63, 3.8) is 0 Å². The van der Waals surface area contributed by atoms with Gasteiger partial charge in [0.2, 0.25) is 10.0 Å². The highest BCUT2D eigenvalue weighted by Crippen LogP contribution is 2.33. The van der Waals surface area contributed by atoms with Gasteiger partial charge in [0.15, 0.2) is 0 Å². The van der Waals surface area contributed by atoms with Crippen molar-refractivity contribution in [3.8, 4) is 5.75 Å². The standard InChI is InChI=1S/C13H18Cl2N2O4S/c1-20-12-8-11(15)13(9-10(12)14)22(18,19)16-2-3-17-4-6-21-7-5-17/h8-9,16H,2-7H2,1H3/p+1. The Morgan fingerprint density at radius 1 is 1.27 bits per heavy atom. The van der Waals surface area contributed by atoms with Gasteiger partial charge in [-0.25, -0.2) is 13.1 Å². The predicted molar refractivity (Wildman–Crippen MR) is 84.6 cm³/mol. The number of rotatable bonds is 6. The highest BCUT2D eigenvalue weighted by atomic mass is 35.5. The third kappa shape index (κ3) is 4.47. The minimum absolute atomic E-state index is 0.0445. The first-order valence-corrected chi connectivity index (χ1v) is 9.12. The second-order valence-corrected chi connectivity index (χ2v) is 7.48. The van der Waals surface area contributed by atoms with Crippen LogP contribution >= 0.6 is 23.2 Å². The van der Waals surface area contributed by atoms with Gasteiger partial charge in [0.25, 0.3) is 0 Å². The zero-order chi connectivity index (χ0) is 16.2. The van der Waals surface area contributed by atoms with Crippen LogP contribution in [0.4, 0.5) is 0 Å². The lowest BCUT2D eigenvalue weighted by atomic mass is 10.3. The zero-order valence-electron chi connectivity index (χ0n) is 12.2. The van der Waals surface area contributed by atoms with Crippen molar-refractivity contribution < 1.29 is 22.8 Å². The molecule has 1 heterocycles. The molecule has 1 aromatic carbocycles. The summed E-state index contributed by atoms with van der Waals surface area (Å²) in [6, 6.07) is 2.69. The Morgan fingerprint density at radius 2 is 1.95 bits per heavy atom. The van der Waals surface area contributed by atoms with Crippen LogP contribution in [0, 0.1) is 0 Å². The Bertz CT molecular complexity index is 619. The fourth-order valence-corrected chi connectivity index (χ4v) is 4.10. The highest BCUT2D eigenvalue weighted by molar-refractivity contribution is 7.89. The first kappa shape index (κ1) is 17.8. The van der Waals surface area contributed by atoms with Crippen LogP contribution < -0.4 is 14.4 Å². The van der Waals surface area contributed by atoms with Gasteiger partial charge in [-0.2, -0.15) is 0 Å². The summed E-state index contributed by atoms with van der Waals surface area (Å²) in [4.78, 5) is 1.27. The lowest BCUT2D eigenvalue weighted by Crippen LogP contribution is -3.14. The number of ether oxygens (including phenoxy) is 2. The fraction of sp³-hybridized carbons (Fsp3) is 0.538. The van der Waals surface area contributed by atoms with Crippen LogP contribution in [0.25, 0.3) is 0 Å². The first-order valence-electron chi connectivity index (χ1n) is 6.88. The van der Waals surface area contributed by atoms with Crippen LogP contribution in [-0.4, -0.2) is 54.9 Å². The quantitative estimate of drug-likeness (QED) is 0.751. The van der Waals surface area contributed by atoms with Crippen molar-refractivity contribution in [2.45, 2.75) is 4.90 Å². The fourth-order valence-electron chi connectivity index (χ4n) is 2.22. The molecule has 0 atom stereocenters. The van der Waals surface area contributed by atoms with Gasteiger partial charge in [-0.3, -0.25) is 0 Å². The molecule has 0 amide bonds. The van der Waals surface area contributed by atoms with E-state index in [1.165, 1.54) is 24.1 Å².